The Morgan fingerprint density at radius 3 is 2.86 bits per heavy atom. The molecule has 0 aliphatic carbocycles. The Morgan fingerprint density at radius 1 is 1.64 bits per heavy atom. The van der Waals surface area contributed by atoms with Gasteiger partial charge in [0, 0.05) is 13.0 Å². The van der Waals surface area contributed by atoms with Gasteiger partial charge >= 0.3 is 0 Å². The zero-order valence-corrected chi connectivity index (χ0v) is 8.80. The predicted octanol–water partition coefficient (Wildman–Crippen LogP) is 0.427. The highest BCUT2D eigenvalue weighted by atomic mass is 16.2. The fourth-order valence-electron chi connectivity index (χ4n) is 1.42. The van der Waals surface area contributed by atoms with Crippen LogP contribution in [0.1, 0.15) is 33.1 Å². The van der Waals surface area contributed by atoms with Crippen LogP contribution in [-0.2, 0) is 9.59 Å². The Balaban J connectivity index is 2.18. The van der Waals surface area contributed by atoms with Gasteiger partial charge in [-0.15, -0.1) is 0 Å². The van der Waals surface area contributed by atoms with Crippen LogP contribution in [-0.4, -0.2) is 24.4 Å². The first-order chi connectivity index (χ1) is 6.59. The van der Waals surface area contributed by atoms with Crippen molar-refractivity contribution in [3.8, 4) is 0 Å². The van der Waals surface area contributed by atoms with Gasteiger partial charge in [-0.25, -0.2) is 0 Å². The molecule has 1 atom stereocenters. The third kappa shape index (κ3) is 3.36. The smallest absolute Gasteiger partial charge is 0.242 e. The quantitative estimate of drug-likeness (QED) is 0.688. The second-order valence-corrected chi connectivity index (χ2v) is 4.13. The van der Waals surface area contributed by atoms with Crippen LogP contribution in [0.25, 0.3) is 0 Å². The molecule has 0 radical (unpaired) electrons. The third-order valence-electron chi connectivity index (χ3n) is 2.33. The van der Waals surface area contributed by atoms with Gasteiger partial charge in [0.15, 0.2) is 0 Å². The number of hydrogen-bond donors (Lipinski definition) is 2. The number of hydrogen-bond acceptors (Lipinski definition) is 2. The van der Waals surface area contributed by atoms with Gasteiger partial charge < -0.3 is 10.6 Å². The lowest BCUT2D eigenvalue weighted by atomic mass is 10.1. The molecule has 2 amide bonds. The molecule has 1 fully saturated rings. The summed E-state index contributed by atoms with van der Waals surface area (Å²) in [4.78, 5) is 22.3. The van der Waals surface area contributed by atoms with Crippen molar-refractivity contribution in [2.45, 2.75) is 39.2 Å². The molecule has 4 heteroatoms. The van der Waals surface area contributed by atoms with Gasteiger partial charge in [-0.2, -0.15) is 0 Å². The molecule has 0 spiro atoms. The minimum Gasteiger partial charge on any atom is -0.354 e. The van der Waals surface area contributed by atoms with Crippen LogP contribution in [0.2, 0.25) is 0 Å². The first kappa shape index (κ1) is 11.0. The van der Waals surface area contributed by atoms with E-state index in [0.29, 0.717) is 25.3 Å². The molecule has 0 saturated carbocycles. The first-order valence-corrected chi connectivity index (χ1v) is 5.16. The second-order valence-electron chi connectivity index (χ2n) is 4.13. The molecule has 2 N–H and O–H groups in total. The van der Waals surface area contributed by atoms with Crippen molar-refractivity contribution in [1.82, 2.24) is 10.6 Å². The van der Waals surface area contributed by atoms with Gasteiger partial charge in [0.1, 0.15) is 6.04 Å². The Kier molecular flexibility index (Phi) is 3.92. The van der Waals surface area contributed by atoms with Gasteiger partial charge in [0.05, 0.1) is 0 Å². The highest BCUT2D eigenvalue weighted by Gasteiger charge is 2.26. The van der Waals surface area contributed by atoms with Crippen LogP contribution in [0.4, 0.5) is 0 Å². The SMILES string of the molecule is CC(C)CCNC(=O)C1CCC(=O)N1. The second kappa shape index (κ2) is 4.98. The third-order valence-corrected chi connectivity index (χ3v) is 2.33. The van der Waals surface area contributed by atoms with Gasteiger partial charge in [-0.05, 0) is 18.8 Å². The number of nitrogens with one attached hydrogen (secondary N) is 2. The lowest BCUT2D eigenvalue weighted by molar-refractivity contribution is -0.125. The van der Waals surface area contributed by atoms with E-state index in [1.165, 1.54) is 0 Å². The summed E-state index contributed by atoms with van der Waals surface area (Å²) in [6, 6.07) is -0.297. The van der Waals surface area contributed by atoms with Crippen molar-refractivity contribution >= 4 is 11.8 Å². The van der Waals surface area contributed by atoms with E-state index in [9.17, 15) is 9.59 Å². The van der Waals surface area contributed by atoms with Gasteiger partial charge in [0.2, 0.25) is 11.8 Å². The number of rotatable bonds is 4. The van der Waals surface area contributed by atoms with Crippen molar-refractivity contribution < 1.29 is 9.59 Å². The molecule has 0 aromatic rings. The molecule has 80 valence electrons. The molecule has 1 aliphatic heterocycles. The van der Waals surface area contributed by atoms with Crippen LogP contribution in [0, 0.1) is 5.92 Å². The van der Waals surface area contributed by atoms with E-state index in [2.05, 4.69) is 24.5 Å². The van der Waals surface area contributed by atoms with Crippen molar-refractivity contribution in [3.05, 3.63) is 0 Å². The van der Waals surface area contributed by atoms with Crippen LogP contribution in [0.15, 0.2) is 0 Å². The summed E-state index contributed by atoms with van der Waals surface area (Å²) in [5.41, 5.74) is 0. The summed E-state index contributed by atoms with van der Waals surface area (Å²) in [5.74, 6) is 0.527. The van der Waals surface area contributed by atoms with Crippen molar-refractivity contribution in [3.63, 3.8) is 0 Å². The molecule has 4 nitrogen and oxygen atoms in total. The zero-order chi connectivity index (χ0) is 10.6. The molecule has 1 unspecified atom stereocenters. The average molecular weight is 198 g/mol. The van der Waals surface area contributed by atoms with Gasteiger partial charge in [-0.3, -0.25) is 9.59 Å². The molecular formula is C10H18N2O2. The minimum atomic E-state index is -0.297. The Morgan fingerprint density at radius 2 is 2.36 bits per heavy atom. The van der Waals surface area contributed by atoms with E-state index in [0.717, 1.165) is 6.42 Å². The lowest BCUT2D eigenvalue weighted by Crippen LogP contribution is -2.42. The number of carbonyl (C=O) groups excluding carboxylic acids is 2. The fourth-order valence-corrected chi connectivity index (χ4v) is 1.42. The molecule has 1 rings (SSSR count). The average Bonchev–Trinajstić information content (AvgIpc) is 2.51. The maximum absolute atomic E-state index is 11.4. The molecule has 1 saturated heterocycles. The summed E-state index contributed by atoms with van der Waals surface area (Å²) < 4.78 is 0. The largest absolute Gasteiger partial charge is 0.354 e. The van der Waals surface area contributed by atoms with Crippen LogP contribution in [0.3, 0.4) is 0 Å². The summed E-state index contributed by atoms with van der Waals surface area (Å²) in [7, 11) is 0. The van der Waals surface area contributed by atoms with E-state index in [-0.39, 0.29) is 17.9 Å². The van der Waals surface area contributed by atoms with Gasteiger partial charge in [0.25, 0.3) is 0 Å². The van der Waals surface area contributed by atoms with Crippen molar-refractivity contribution in [2.24, 2.45) is 5.92 Å². The Bertz CT molecular complexity index is 226. The maximum Gasteiger partial charge on any atom is 0.242 e. The van der Waals surface area contributed by atoms with E-state index in [4.69, 9.17) is 0 Å². The van der Waals surface area contributed by atoms with Crippen LogP contribution >= 0.6 is 0 Å². The lowest BCUT2D eigenvalue weighted by Gasteiger charge is -2.11. The molecule has 14 heavy (non-hydrogen) atoms. The zero-order valence-electron chi connectivity index (χ0n) is 8.80. The summed E-state index contributed by atoms with van der Waals surface area (Å²) in [6.45, 7) is 4.93. The topological polar surface area (TPSA) is 58.2 Å². The van der Waals surface area contributed by atoms with Crippen molar-refractivity contribution in [2.75, 3.05) is 6.54 Å². The van der Waals surface area contributed by atoms with E-state index >= 15 is 0 Å². The number of carbonyl (C=O) groups is 2. The van der Waals surface area contributed by atoms with E-state index in [1.54, 1.807) is 0 Å². The first-order valence-electron chi connectivity index (χ1n) is 5.16. The van der Waals surface area contributed by atoms with E-state index < -0.39 is 0 Å². The molecular weight excluding hydrogens is 180 g/mol. The monoisotopic (exact) mass is 198 g/mol. The predicted molar refractivity (Wildman–Crippen MR) is 53.6 cm³/mol. The summed E-state index contributed by atoms with van der Waals surface area (Å²) in [6.07, 6.45) is 2.08. The standard InChI is InChI=1S/C10H18N2O2/c1-7(2)5-6-11-10(14)8-3-4-9(13)12-8/h7-8H,3-6H2,1-2H3,(H,11,14)(H,12,13). The fraction of sp³-hybridized carbons (Fsp3) is 0.800. The highest BCUT2D eigenvalue weighted by molar-refractivity contribution is 5.90. The summed E-state index contributed by atoms with van der Waals surface area (Å²) >= 11 is 0. The Labute approximate surface area is 84.4 Å². The highest BCUT2D eigenvalue weighted by Crippen LogP contribution is 2.06. The van der Waals surface area contributed by atoms with Gasteiger partial charge in [-0.1, -0.05) is 13.8 Å². The normalized spacial score (nSPS) is 21.1. The maximum atomic E-state index is 11.4. The molecule has 1 aliphatic rings. The number of amides is 2. The summed E-state index contributed by atoms with van der Waals surface area (Å²) in [5, 5.41) is 5.46. The molecule has 0 aromatic carbocycles. The molecule has 0 aromatic heterocycles. The molecule has 0 bridgehead atoms. The van der Waals surface area contributed by atoms with Crippen LogP contribution in [0.5, 0.6) is 0 Å². The minimum absolute atomic E-state index is 0.0194. The van der Waals surface area contributed by atoms with Crippen LogP contribution < -0.4 is 10.6 Å². The van der Waals surface area contributed by atoms with Crippen molar-refractivity contribution in [1.29, 1.82) is 0 Å². The van der Waals surface area contributed by atoms with E-state index in [1.807, 2.05) is 0 Å². The Hall–Kier alpha value is -1.06. The molecule has 1 heterocycles.